The number of carbonyl (C=O) groups excluding carboxylic acids is 2. The molecule has 4 heteroatoms. The molecule has 0 unspecified atom stereocenters. The third-order valence-corrected chi connectivity index (χ3v) is 1.22. The van der Waals surface area contributed by atoms with Gasteiger partial charge < -0.3 is 4.74 Å². The highest BCUT2D eigenvalue weighted by molar-refractivity contribution is 6.16. The maximum Gasteiger partial charge on any atom is 0.220 e. The number of ketones is 2. The second kappa shape index (κ2) is 4.72. The zero-order valence-electron chi connectivity index (χ0n) is 6.57. The number of allylic oxidation sites excluding steroid dienone is 3. The zero-order valence-corrected chi connectivity index (χ0v) is 7.39. The van der Waals surface area contributed by atoms with E-state index in [0.717, 1.165) is 0 Å². The maximum absolute atomic E-state index is 10.9. The Labute approximate surface area is 76.5 Å². The van der Waals surface area contributed by atoms with Gasteiger partial charge in [-0.2, -0.15) is 0 Å². The summed E-state index contributed by atoms with van der Waals surface area (Å²) in [6.07, 6.45) is 3.64. The number of rotatable bonds is 2. The smallest absolute Gasteiger partial charge is 0.220 e. The highest BCUT2D eigenvalue weighted by atomic mass is 35.5. The molecule has 0 aromatic heterocycles. The van der Waals surface area contributed by atoms with Crippen molar-refractivity contribution in [2.75, 3.05) is 6.61 Å². The van der Waals surface area contributed by atoms with Crippen molar-refractivity contribution in [3.8, 4) is 0 Å². The molecule has 0 aromatic rings. The van der Waals surface area contributed by atoms with E-state index in [0.29, 0.717) is 6.61 Å². The molecule has 12 heavy (non-hydrogen) atoms. The standard InChI is InChI=1S/C8H8O3.ClH/c1-2-11-8-5-6(9)3-4-7(8)10;/h3-5H,2H2,1H3;1H. The third-order valence-electron chi connectivity index (χ3n) is 1.22. The molecule has 3 nitrogen and oxygen atoms in total. The van der Waals surface area contributed by atoms with Crippen molar-refractivity contribution in [1.82, 2.24) is 0 Å². The topological polar surface area (TPSA) is 43.4 Å². The van der Waals surface area contributed by atoms with Crippen LogP contribution in [0.1, 0.15) is 6.92 Å². The van der Waals surface area contributed by atoms with E-state index in [9.17, 15) is 9.59 Å². The molecule has 0 heterocycles. The Morgan fingerprint density at radius 2 is 2.00 bits per heavy atom. The normalized spacial score (nSPS) is 15.2. The predicted molar refractivity (Wildman–Crippen MR) is 46.1 cm³/mol. The van der Waals surface area contributed by atoms with Crippen molar-refractivity contribution < 1.29 is 14.3 Å². The Balaban J connectivity index is 0.00000121. The summed E-state index contributed by atoms with van der Waals surface area (Å²) in [5.41, 5.74) is 0. The van der Waals surface area contributed by atoms with Crippen molar-refractivity contribution in [3.63, 3.8) is 0 Å². The van der Waals surface area contributed by atoms with E-state index in [4.69, 9.17) is 4.74 Å². The molecule has 0 fully saturated rings. The first-order valence-corrected chi connectivity index (χ1v) is 3.35. The van der Waals surface area contributed by atoms with E-state index < -0.39 is 0 Å². The number of carbonyl (C=O) groups is 2. The summed E-state index contributed by atoms with van der Waals surface area (Å²) in [4.78, 5) is 21.6. The molecule has 66 valence electrons. The molecule has 0 saturated carbocycles. The van der Waals surface area contributed by atoms with E-state index >= 15 is 0 Å². The van der Waals surface area contributed by atoms with Crippen molar-refractivity contribution in [1.29, 1.82) is 0 Å². The molecule has 0 aromatic carbocycles. The van der Waals surface area contributed by atoms with Gasteiger partial charge in [0.2, 0.25) is 5.78 Å². The first kappa shape index (κ1) is 10.9. The van der Waals surface area contributed by atoms with E-state index in [1.54, 1.807) is 6.92 Å². The molecule has 0 radical (unpaired) electrons. The molecule has 1 aliphatic rings. The van der Waals surface area contributed by atoms with Crippen LogP contribution in [0.3, 0.4) is 0 Å². The van der Waals surface area contributed by atoms with E-state index in [1.807, 2.05) is 0 Å². The maximum atomic E-state index is 10.9. The van der Waals surface area contributed by atoms with Gasteiger partial charge in [-0.25, -0.2) is 0 Å². The van der Waals surface area contributed by atoms with Crippen LogP contribution in [0.4, 0.5) is 0 Å². The van der Waals surface area contributed by atoms with Crippen LogP contribution in [0.2, 0.25) is 0 Å². The van der Waals surface area contributed by atoms with Crippen LogP contribution in [0, 0.1) is 0 Å². The van der Waals surface area contributed by atoms with E-state index in [2.05, 4.69) is 0 Å². The fourth-order valence-electron chi connectivity index (χ4n) is 0.757. The SMILES string of the molecule is CCOC1=CC(=O)C=CC1=O.Cl. The molecule has 0 aliphatic heterocycles. The van der Waals surface area contributed by atoms with Crippen LogP contribution in [0.25, 0.3) is 0 Å². The summed E-state index contributed by atoms with van der Waals surface area (Å²) >= 11 is 0. The van der Waals surface area contributed by atoms with Crippen molar-refractivity contribution in [3.05, 3.63) is 24.0 Å². The van der Waals surface area contributed by atoms with Gasteiger partial charge in [0, 0.05) is 6.08 Å². The summed E-state index contributed by atoms with van der Waals surface area (Å²) in [7, 11) is 0. The van der Waals surface area contributed by atoms with Crippen LogP contribution in [-0.4, -0.2) is 18.2 Å². The Bertz CT molecular complexity index is 253. The number of hydrogen-bond acceptors (Lipinski definition) is 3. The lowest BCUT2D eigenvalue weighted by Crippen LogP contribution is -2.10. The summed E-state index contributed by atoms with van der Waals surface area (Å²) in [6, 6.07) is 0. The predicted octanol–water partition coefficient (Wildman–Crippen LogP) is 1.04. The summed E-state index contributed by atoms with van der Waals surface area (Å²) < 4.78 is 4.90. The lowest BCUT2D eigenvalue weighted by Gasteiger charge is -2.05. The van der Waals surface area contributed by atoms with Gasteiger partial charge in [-0.1, -0.05) is 0 Å². The molecular formula is C8H9ClO3. The second-order valence-electron chi connectivity index (χ2n) is 2.04. The van der Waals surface area contributed by atoms with Crippen LogP contribution in [0.5, 0.6) is 0 Å². The summed E-state index contributed by atoms with van der Waals surface area (Å²) in [5, 5.41) is 0. The van der Waals surface area contributed by atoms with E-state index in [-0.39, 0.29) is 29.7 Å². The van der Waals surface area contributed by atoms with Gasteiger partial charge >= 0.3 is 0 Å². The molecule has 0 atom stereocenters. The molecule has 1 aliphatic carbocycles. The lowest BCUT2D eigenvalue weighted by atomic mass is 10.1. The van der Waals surface area contributed by atoms with Crippen molar-refractivity contribution in [2.24, 2.45) is 0 Å². The van der Waals surface area contributed by atoms with Gasteiger partial charge in [-0.3, -0.25) is 9.59 Å². The van der Waals surface area contributed by atoms with Gasteiger partial charge in [0.25, 0.3) is 0 Å². The first-order valence-electron chi connectivity index (χ1n) is 3.35. The van der Waals surface area contributed by atoms with Crippen LogP contribution in [-0.2, 0) is 14.3 Å². The number of hydrogen-bond donors (Lipinski definition) is 0. The molecule has 0 saturated heterocycles. The van der Waals surface area contributed by atoms with Gasteiger partial charge in [0.05, 0.1) is 6.61 Å². The number of ether oxygens (including phenoxy) is 1. The number of halogens is 1. The minimum atomic E-state index is -0.244. The largest absolute Gasteiger partial charge is 0.490 e. The molecule has 1 rings (SSSR count). The van der Waals surface area contributed by atoms with Gasteiger partial charge in [0.15, 0.2) is 11.5 Å². The summed E-state index contributed by atoms with van der Waals surface area (Å²) in [6.45, 7) is 2.16. The third kappa shape index (κ3) is 2.51. The minimum absolute atomic E-state index is 0. The Kier molecular flexibility index (Phi) is 4.29. The Morgan fingerprint density at radius 3 is 2.58 bits per heavy atom. The van der Waals surface area contributed by atoms with Crippen LogP contribution in [0.15, 0.2) is 24.0 Å². The Hall–Kier alpha value is -1.09. The van der Waals surface area contributed by atoms with Gasteiger partial charge in [-0.15, -0.1) is 12.4 Å². The highest BCUT2D eigenvalue weighted by Crippen LogP contribution is 2.05. The minimum Gasteiger partial charge on any atom is -0.490 e. The monoisotopic (exact) mass is 188 g/mol. The van der Waals surface area contributed by atoms with Gasteiger partial charge in [0.1, 0.15) is 0 Å². The van der Waals surface area contributed by atoms with Crippen molar-refractivity contribution >= 4 is 24.0 Å². The van der Waals surface area contributed by atoms with Crippen LogP contribution >= 0.6 is 12.4 Å². The average molecular weight is 189 g/mol. The van der Waals surface area contributed by atoms with E-state index in [1.165, 1.54) is 18.2 Å². The lowest BCUT2D eigenvalue weighted by molar-refractivity contribution is -0.117. The molecule has 0 amide bonds. The van der Waals surface area contributed by atoms with Crippen LogP contribution < -0.4 is 0 Å². The fourth-order valence-corrected chi connectivity index (χ4v) is 0.757. The first-order chi connectivity index (χ1) is 5.24. The Morgan fingerprint density at radius 1 is 1.33 bits per heavy atom. The quantitative estimate of drug-likeness (QED) is 0.608. The summed E-state index contributed by atoms with van der Waals surface area (Å²) in [5.74, 6) is -0.306. The zero-order chi connectivity index (χ0) is 8.27. The molecule has 0 bridgehead atoms. The highest BCUT2D eigenvalue weighted by Gasteiger charge is 2.13. The molecular weight excluding hydrogens is 180 g/mol. The van der Waals surface area contributed by atoms with Crippen molar-refractivity contribution in [2.45, 2.75) is 6.92 Å². The average Bonchev–Trinajstić information content (AvgIpc) is 1.98. The molecule has 0 spiro atoms. The van der Waals surface area contributed by atoms with Gasteiger partial charge in [-0.05, 0) is 19.1 Å². The second-order valence-corrected chi connectivity index (χ2v) is 2.04. The molecule has 0 N–H and O–H groups in total. The fraction of sp³-hybridized carbons (Fsp3) is 0.250.